The van der Waals surface area contributed by atoms with Crippen LogP contribution in [0, 0.1) is 26.6 Å². The minimum absolute atomic E-state index is 0.154. The van der Waals surface area contributed by atoms with Gasteiger partial charge in [-0.1, -0.05) is 24.6 Å². The molecule has 0 saturated heterocycles. The van der Waals surface area contributed by atoms with Gasteiger partial charge in [0.2, 0.25) is 15.9 Å². The molecule has 0 fully saturated rings. The zero-order valence-electron chi connectivity index (χ0n) is 17.7. The van der Waals surface area contributed by atoms with Crippen LogP contribution in [-0.2, 0) is 14.8 Å². The van der Waals surface area contributed by atoms with Crippen LogP contribution < -0.4 is 10.0 Å². The van der Waals surface area contributed by atoms with Crippen LogP contribution in [0.2, 0.25) is 0 Å². The summed E-state index contributed by atoms with van der Waals surface area (Å²) < 4.78 is 40.8. The van der Waals surface area contributed by atoms with Gasteiger partial charge in [-0.05, 0) is 50.1 Å². The van der Waals surface area contributed by atoms with Crippen molar-refractivity contribution in [1.29, 1.82) is 0 Å². The van der Waals surface area contributed by atoms with Crippen LogP contribution in [-0.4, -0.2) is 45.3 Å². The number of carbonyl (C=O) groups is 2. The number of nitrogens with zero attached hydrogens (tertiary/aromatic N) is 1. The number of carbonyl (C=O) groups excluding carboxylic acids is 2. The van der Waals surface area contributed by atoms with E-state index < -0.39 is 33.2 Å². The highest BCUT2D eigenvalue weighted by Gasteiger charge is 2.22. The summed E-state index contributed by atoms with van der Waals surface area (Å²) in [5.74, 6) is -2.11. The summed E-state index contributed by atoms with van der Waals surface area (Å²) in [6.45, 7) is 7.14. The number of rotatable bonds is 7. The first-order chi connectivity index (χ1) is 14.0. The molecule has 0 radical (unpaired) electrons. The molecule has 7 nitrogen and oxygen atoms in total. The molecule has 0 aliphatic rings. The zero-order valence-corrected chi connectivity index (χ0v) is 18.5. The summed E-state index contributed by atoms with van der Waals surface area (Å²) in [6.07, 6.45) is 0. The lowest BCUT2D eigenvalue weighted by molar-refractivity contribution is -0.116. The predicted molar refractivity (Wildman–Crippen MR) is 114 cm³/mol. The first kappa shape index (κ1) is 23.5. The Morgan fingerprint density at radius 3 is 2.23 bits per heavy atom. The molecular weight excluding hydrogens is 409 g/mol. The lowest BCUT2D eigenvalue weighted by atomic mass is 10.1. The monoisotopic (exact) mass is 435 g/mol. The second kappa shape index (κ2) is 9.36. The van der Waals surface area contributed by atoms with Gasteiger partial charge in [-0.2, -0.15) is 0 Å². The number of amides is 2. The van der Waals surface area contributed by atoms with Crippen molar-refractivity contribution in [1.82, 2.24) is 9.62 Å². The summed E-state index contributed by atoms with van der Waals surface area (Å²) in [7, 11) is -2.50. The molecule has 2 aromatic carbocycles. The molecule has 2 rings (SSSR count). The Morgan fingerprint density at radius 1 is 1.07 bits per heavy atom. The molecule has 9 heteroatoms. The number of aryl methyl sites for hydroxylation is 3. The molecule has 2 aromatic rings. The molecule has 0 saturated carbocycles. The number of sulfonamides is 1. The predicted octanol–water partition coefficient (Wildman–Crippen LogP) is 2.76. The molecule has 0 aliphatic heterocycles. The van der Waals surface area contributed by atoms with Gasteiger partial charge in [0.1, 0.15) is 5.82 Å². The molecular formula is C21H26FN3O4S. The minimum atomic E-state index is -3.85. The topological polar surface area (TPSA) is 95.6 Å². The fourth-order valence-corrected chi connectivity index (χ4v) is 4.22. The van der Waals surface area contributed by atoms with Crippen molar-refractivity contribution in [3.8, 4) is 0 Å². The van der Waals surface area contributed by atoms with Crippen molar-refractivity contribution in [2.75, 3.05) is 25.5 Å². The van der Waals surface area contributed by atoms with E-state index in [0.717, 1.165) is 39.8 Å². The normalized spacial score (nSPS) is 11.3. The van der Waals surface area contributed by atoms with E-state index in [1.807, 2.05) is 32.9 Å². The minimum Gasteiger partial charge on any atom is -0.332 e. The standard InChI is InChI=1S/C21H26FN3O4S/c1-6-23-30(28,29)16-7-8-18(22)17(11-16)21(27)25(5)12-19(26)24-20-14(3)9-13(2)10-15(20)4/h7-11,23H,6,12H2,1-5H3,(H,24,26). The Bertz CT molecular complexity index is 1060. The summed E-state index contributed by atoms with van der Waals surface area (Å²) >= 11 is 0. The van der Waals surface area contributed by atoms with Crippen LogP contribution in [0.15, 0.2) is 35.2 Å². The van der Waals surface area contributed by atoms with Crippen molar-refractivity contribution in [2.45, 2.75) is 32.6 Å². The Morgan fingerprint density at radius 2 is 1.67 bits per heavy atom. The van der Waals surface area contributed by atoms with Gasteiger partial charge in [-0.25, -0.2) is 17.5 Å². The molecule has 0 atom stereocenters. The van der Waals surface area contributed by atoms with Gasteiger partial charge in [0.15, 0.2) is 0 Å². The maximum Gasteiger partial charge on any atom is 0.257 e. The van der Waals surface area contributed by atoms with Crippen molar-refractivity contribution in [2.24, 2.45) is 0 Å². The number of likely N-dealkylation sites (N-methyl/N-ethyl adjacent to an activating group) is 1. The van der Waals surface area contributed by atoms with E-state index in [0.29, 0.717) is 5.69 Å². The Labute approximate surface area is 176 Å². The van der Waals surface area contributed by atoms with Crippen molar-refractivity contribution in [3.05, 3.63) is 58.4 Å². The number of halogens is 1. The van der Waals surface area contributed by atoms with Gasteiger partial charge < -0.3 is 10.2 Å². The van der Waals surface area contributed by atoms with Crippen molar-refractivity contribution in [3.63, 3.8) is 0 Å². The van der Waals surface area contributed by atoms with Crippen molar-refractivity contribution < 1.29 is 22.4 Å². The SMILES string of the molecule is CCNS(=O)(=O)c1ccc(F)c(C(=O)N(C)CC(=O)Nc2c(C)cc(C)cc2C)c1. The van der Waals surface area contributed by atoms with Gasteiger partial charge in [0, 0.05) is 19.3 Å². The third-order valence-electron chi connectivity index (χ3n) is 4.48. The van der Waals surface area contributed by atoms with E-state index in [2.05, 4.69) is 10.0 Å². The fraction of sp³-hybridized carbons (Fsp3) is 0.333. The number of anilines is 1. The van der Waals surface area contributed by atoms with E-state index in [1.165, 1.54) is 7.05 Å². The molecule has 2 N–H and O–H groups in total. The largest absolute Gasteiger partial charge is 0.332 e. The first-order valence-corrected chi connectivity index (χ1v) is 10.9. The summed E-state index contributed by atoms with van der Waals surface area (Å²) in [4.78, 5) is 25.9. The highest BCUT2D eigenvalue weighted by molar-refractivity contribution is 7.89. The average Bonchev–Trinajstić information content (AvgIpc) is 2.64. The quantitative estimate of drug-likeness (QED) is 0.699. The highest BCUT2D eigenvalue weighted by Crippen LogP contribution is 2.22. The first-order valence-electron chi connectivity index (χ1n) is 9.38. The van der Waals surface area contributed by atoms with Gasteiger partial charge >= 0.3 is 0 Å². The fourth-order valence-electron chi connectivity index (χ4n) is 3.16. The lowest BCUT2D eigenvalue weighted by Gasteiger charge is -2.19. The second-order valence-electron chi connectivity index (χ2n) is 7.13. The molecule has 0 heterocycles. The van der Waals surface area contributed by atoms with E-state index >= 15 is 0 Å². The summed E-state index contributed by atoms with van der Waals surface area (Å²) in [5.41, 5.74) is 3.09. The third-order valence-corrected chi connectivity index (χ3v) is 6.03. The van der Waals surface area contributed by atoms with E-state index in [-0.39, 0.29) is 18.0 Å². The summed E-state index contributed by atoms with van der Waals surface area (Å²) in [5, 5.41) is 2.78. The maximum absolute atomic E-state index is 14.2. The van der Waals surface area contributed by atoms with E-state index in [9.17, 15) is 22.4 Å². The Hall–Kier alpha value is -2.78. The van der Waals surface area contributed by atoms with Crippen molar-refractivity contribution >= 4 is 27.5 Å². The van der Waals surface area contributed by atoms with E-state index in [1.54, 1.807) is 6.92 Å². The molecule has 0 aromatic heterocycles. The second-order valence-corrected chi connectivity index (χ2v) is 8.89. The smallest absolute Gasteiger partial charge is 0.257 e. The van der Waals surface area contributed by atoms with Crippen LogP contribution >= 0.6 is 0 Å². The molecule has 2 amide bonds. The average molecular weight is 436 g/mol. The van der Waals surface area contributed by atoms with Crippen LogP contribution in [0.5, 0.6) is 0 Å². The number of hydrogen-bond acceptors (Lipinski definition) is 4. The molecule has 162 valence electrons. The number of nitrogens with one attached hydrogen (secondary N) is 2. The molecule has 0 spiro atoms. The molecule has 0 unspecified atom stereocenters. The zero-order chi connectivity index (χ0) is 22.6. The van der Waals surface area contributed by atoms with Gasteiger partial charge in [-0.3, -0.25) is 9.59 Å². The number of benzene rings is 2. The Balaban J connectivity index is 2.19. The number of hydrogen-bond donors (Lipinski definition) is 2. The van der Waals surface area contributed by atoms with Crippen LogP contribution in [0.3, 0.4) is 0 Å². The highest BCUT2D eigenvalue weighted by atomic mass is 32.2. The van der Waals surface area contributed by atoms with Crippen LogP contribution in [0.4, 0.5) is 10.1 Å². The Kier molecular flexibility index (Phi) is 7.33. The lowest BCUT2D eigenvalue weighted by Crippen LogP contribution is -2.35. The van der Waals surface area contributed by atoms with Gasteiger partial charge in [0.05, 0.1) is 17.0 Å². The molecule has 0 aliphatic carbocycles. The van der Waals surface area contributed by atoms with Crippen LogP contribution in [0.25, 0.3) is 0 Å². The summed E-state index contributed by atoms with van der Waals surface area (Å²) in [6, 6.07) is 6.84. The molecule has 30 heavy (non-hydrogen) atoms. The van der Waals surface area contributed by atoms with Gasteiger partial charge in [0.25, 0.3) is 5.91 Å². The van der Waals surface area contributed by atoms with Crippen LogP contribution in [0.1, 0.15) is 34.0 Å². The molecule has 0 bridgehead atoms. The van der Waals surface area contributed by atoms with E-state index in [4.69, 9.17) is 0 Å². The van der Waals surface area contributed by atoms with Gasteiger partial charge in [-0.15, -0.1) is 0 Å². The maximum atomic E-state index is 14.2. The third kappa shape index (κ3) is 5.43.